The predicted octanol–water partition coefficient (Wildman–Crippen LogP) is 2.24. The molecule has 1 heterocycles. The van der Waals surface area contributed by atoms with Crippen LogP contribution in [-0.4, -0.2) is 32.3 Å². The third-order valence-electron chi connectivity index (χ3n) is 3.41. The molecular weight excluding hydrogens is 316 g/mol. The molecule has 0 saturated heterocycles. The maximum Gasteiger partial charge on any atom is 0.290 e. The van der Waals surface area contributed by atoms with E-state index in [9.17, 15) is 13.2 Å². The lowest BCUT2D eigenvalue weighted by atomic mass is 10.2. The van der Waals surface area contributed by atoms with Crippen molar-refractivity contribution in [1.29, 1.82) is 0 Å². The summed E-state index contributed by atoms with van der Waals surface area (Å²) in [5, 5.41) is -0.272. The van der Waals surface area contributed by atoms with Crippen LogP contribution in [0.5, 0.6) is 0 Å². The van der Waals surface area contributed by atoms with E-state index in [0.717, 1.165) is 5.56 Å². The van der Waals surface area contributed by atoms with Crippen molar-refractivity contribution in [2.75, 3.05) is 7.05 Å². The van der Waals surface area contributed by atoms with E-state index in [-0.39, 0.29) is 22.8 Å². The average molecular weight is 336 g/mol. The smallest absolute Gasteiger partial charge is 0.290 e. The zero-order valence-corrected chi connectivity index (χ0v) is 14.1. The Balaban J connectivity index is 2.25. The Hall–Kier alpha value is -2.12. The van der Waals surface area contributed by atoms with Gasteiger partial charge in [-0.3, -0.25) is 4.79 Å². The highest BCUT2D eigenvalue weighted by Crippen LogP contribution is 2.18. The largest absolute Gasteiger partial charge is 0.438 e. The van der Waals surface area contributed by atoms with Gasteiger partial charge in [0.25, 0.3) is 15.9 Å². The first-order valence-electron chi connectivity index (χ1n) is 7.23. The summed E-state index contributed by atoms with van der Waals surface area (Å²) in [7, 11) is -2.42. The van der Waals surface area contributed by atoms with Crippen molar-refractivity contribution < 1.29 is 17.6 Å². The van der Waals surface area contributed by atoms with E-state index in [2.05, 4.69) is 4.72 Å². The van der Waals surface area contributed by atoms with Gasteiger partial charge in [-0.2, -0.15) is 0 Å². The normalized spacial score (nSPS) is 11.7. The van der Waals surface area contributed by atoms with Crippen molar-refractivity contribution in [1.82, 2.24) is 9.62 Å². The highest BCUT2D eigenvalue weighted by atomic mass is 32.2. The Morgan fingerprint density at radius 3 is 2.39 bits per heavy atom. The number of benzene rings is 1. The van der Waals surface area contributed by atoms with E-state index in [4.69, 9.17) is 4.42 Å². The van der Waals surface area contributed by atoms with Crippen LogP contribution in [-0.2, 0) is 16.6 Å². The number of amides is 1. The molecule has 7 heteroatoms. The Bertz CT molecular complexity index is 766. The molecule has 0 radical (unpaired) electrons. The number of nitrogens with one attached hydrogen (secondary N) is 1. The van der Waals surface area contributed by atoms with Crippen molar-refractivity contribution in [3.05, 3.63) is 53.8 Å². The van der Waals surface area contributed by atoms with Crippen LogP contribution in [0.4, 0.5) is 0 Å². The number of sulfonamides is 1. The van der Waals surface area contributed by atoms with Gasteiger partial charge >= 0.3 is 0 Å². The maximum absolute atomic E-state index is 12.6. The second-order valence-electron chi connectivity index (χ2n) is 5.34. The number of hydrogen-bond acceptors (Lipinski definition) is 4. The molecule has 0 atom stereocenters. The Morgan fingerprint density at radius 2 is 1.83 bits per heavy atom. The van der Waals surface area contributed by atoms with Crippen LogP contribution >= 0.6 is 0 Å². The molecule has 0 fully saturated rings. The van der Waals surface area contributed by atoms with E-state index in [1.54, 1.807) is 4.90 Å². The van der Waals surface area contributed by atoms with Crippen LogP contribution in [0.15, 0.2) is 52.0 Å². The van der Waals surface area contributed by atoms with Crippen LogP contribution in [0, 0.1) is 0 Å². The molecule has 0 aliphatic rings. The number of nitrogens with zero attached hydrogens (tertiary/aromatic N) is 1. The predicted molar refractivity (Wildman–Crippen MR) is 86.4 cm³/mol. The summed E-state index contributed by atoms with van der Waals surface area (Å²) >= 11 is 0. The van der Waals surface area contributed by atoms with Gasteiger partial charge in [0.1, 0.15) is 0 Å². The van der Waals surface area contributed by atoms with Crippen molar-refractivity contribution in [3.8, 4) is 0 Å². The lowest BCUT2D eigenvalue weighted by molar-refractivity contribution is 0.0651. The molecule has 1 N–H and O–H groups in total. The molecule has 0 saturated carbocycles. The number of carbonyl (C=O) groups excluding carboxylic acids is 1. The molecule has 2 aromatic rings. The fourth-order valence-corrected chi connectivity index (χ4v) is 2.74. The molecule has 1 amide bonds. The summed E-state index contributed by atoms with van der Waals surface area (Å²) in [6.07, 6.45) is 0. The van der Waals surface area contributed by atoms with Gasteiger partial charge in [0, 0.05) is 12.6 Å². The van der Waals surface area contributed by atoms with Gasteiger partial charge in [0.05, 0.1) is 0 Å². The SMILES string of the molecule is CNS(=O)(=O)c1ccc(C(=O)N(Cc2ccccc2)C(C)C)o1. The van der Waals surface area contributed by atoms with Crippen LogP contribution in [0.1, 0.15) is 30.0 Å². The Morgan fingerprint density at radius 1 is 1.17 bits per heavy atom. The molecule has 1 aromatic carbocycles. The van der Waals surface area contributed by atoms with Crippen LogP contribution < -0.4 is 4.72 Å². The van der Waals surface area contributed by atoms with Crippen LogP contribution in [0.25, 0.3) is 0 Å². The van der Waals surface area contributed by atoms with Crippen LogP contribution in [0.2, 0.25) is 0 Å². The summed E-state index contributed by atoms with van der Waals surface area (Å²) in [5.41, 5.74) is 0.990. The van der Waals surface area contributed by atoms with Crippen molar-refractivity contribution in [2.24, 2.45) is 0 Å². The van der Waals surface area contributed by atoms with E-state index in [0.29, 0.717) is 6.54 Å². The Labute approximate surface area is 136 Å². The molecule has 2 rings (SSSR count). The standard InChI is InChI=1S/C16H20N2O4S/c1-12(2)18(11-13-7-5-4-6-8-13)16(19)14-9-10-15(22-14)23(20,21)17-3/h4-10,12,17H,11H2,1-3H3. The Kier molecular flexibility index (Phi) is 5.23. The third-order valence-corrected chi connectivity index (χ3v) is 4.69. The molecule has 23 heavy (non-hydrogen) atoms. The van der Waals surface area contributed by atoms with E-state index in [1.165, 1.54) is 19.2 Å². The van der Waals surface area contributed by atoms with Crippen LogP contribution in [0.3, 0.4) is 0 Å². The summed E-state index contributed by atoms with van der Waals surface area (Å²) < 4.78 is 30.8. The highest BCUT2D eigenvalue weighted by molar-refractivity contribution is 7.89. The molecule has 1 aromatic heterocycles. The molecule has 0 aliphatic heterocycles. The summed E-state index contributed by atoms with van der Waals surface area (Å²) in [6.45, 7) is 4.22. The number of hydrogen-bond donors (Lipinski definition) is 1. The molecule has 6 nitrogen and oxygen atoms in total. The van der Waals surface area contributed by atoms with Gasteiger partial charge in [-0.1, -0.05) is 30.3 Å². The monoisotopic (exact) mass is 336 g/mol. The molecular formula is C16H20N2O4S. The fraction of sp³-hybridized carbons (Fsp3) is 0.312. The van der Waals surface area contributed by atoms with Gasteiger partial charge < -0.3 is 9.32 Å². The minimum absolute atomic E-state index is 0.00320. The molecule has 0 bridgehead atoms. The van der Waals surface area contributed by atoms with Gasteiger partial charge in [-0.05, 0) is 38.6 Å². The highest BCUT2D eigenvalue weighted by Gasteiger charge is 2.25. The molecule has 0 aliphatic carbocycles. The second-order valence-corrected chi connectivity index (χ2v) is 7.16. The summed E-state index contributed by atoms with van der Waals surface area (Å²) in [4.78, 5) is 14.3. The fourth-order valence-electron chi connectivity index (χ4n) is 2.09. The topological polar surface area (TPSA) is 79.6 Å². The number of rotatable bonds is 6. The number of carbonyl (C=O) groups is 1. The van der Waals surface area contributed by atoms with Gasteiger partial charge in [0.15, 0.2) is 5.76 Å². The molecule has 0 spiro atoms. The zero-order valence-electron chi connectivity index (χ0n) is 13.3. The third kappa shape index (κ3) is 4.00. The number of furan rings is 1. The minimum atomic E-state index is -3.70. The van der Waals surface area contributed by atoms with Crippen molar-refractivity contribution in [2.45, 2.75) is 31.5 Å². The molecule has 0 unspecified atom stereocenters. The molecule has 124 valence electrons. The second kappa shape index (κ2) is 6.97. The minimum Gasteiger partial charge on any atom is -0.438 e. The summed E-state index contributed by atoms with van der Waals surface area (Å²) in [5.74, 6) is -0.343. The van der Waals surface area contributed by atoms with E-state index < -0.39 is 10.0 Å². The first kappa shape index (κ1) is 17.2. The van der Waals surface area contributed by atoms with E-state index >= 15 is 0 Å². The first-order chi connectivity index (χ1) is 10.8. The first-order valence-corrected chi connectivity index (χ1v) is 8.71. The quantitative estimate of drug-likeness (QED) is 0.877. The lowest BCUT2D eigenvalue weighted by Crippen LogP contribution is -2.36. The summed E-state index contributed by atoms with van der Waals surface area (Å²) in [6, 6.07) is 12.2. The van der Waals surface area contributed by atoms with Gasteiger partial charge in [-0.25, -0.2) is 13.1 Å². The van der Waals surface area contributed by atoms with Crippen molar-refractivity contribution >= 4 is 15.9 Å². The van der Waals surface area contributed by atoms with Gasteiger partial charge in [0.2, 0.25) is 5.09 Å². The van der Waals surface area contributed by atoms with Gasteiger partial charge in [-0.15, -0.1) is 0 Å². The van der Waals surface area contributed by atoms with E-state index in [1.807, 2.05) is 44.2 Å². The maximum atomic E-state index is 12.6. The lowest BCUT2D eigenvalue weighted by Gasteiger charge is -2.26. The average Bonchev–Trinajstić information content (AvgIpc) is 3.03. The zero-order chi connectivity index (χ0) is 17.0. The van der Waals surface area contributed by atoms with Crippen molar-refractivity contribution in [3.63, 3.8) is 0 Å².